The molecule has 0 aliphatic carbocycles. The molecule has 0 fully saturated rings. The minimum absolute atomic E-state index is 0.0479. The maximum Gasteiger partial charge on any atom is 0.197 e. The van der Waals surface area contributed by atoms with E-state index in [0.717, 1.165) is 9.40 Å². The molecule has 1 heterocycles. The zero-order valence-electron chi connectivity index (χ0n) is 9.14. The van der Waals surface area contributed by atoms with E-state index >= 15 is 0 Å². The number of fused-ring (bicyclic) bond motifs is 2. The largest absolute Gasteiger partial charge is 0.479 e. The van der Waals surface area contributed by atoms with Crippen LogP contribution in [0.2, 0.25) is 5.02 Å². The molecule has 0 N–H and O–H groups in total. The number of halogens is 1. The normalized spacial score (nSPS) is 11.0. The fraction of sp³-hybridized carbons (Fsp3) is 0. The molecular weight excluding hydrogens is 287 g/mol. The van der Waals surface area contributed by atoms with Crippen LogP contribution in [0.15, 0.2) is 41.2 Å². The summed E-state index contributed by atoms with van der Waals surface area (Å²) in [4.78, 5) is 12.4. The van der Waals surface area contributed by atoms with E-state index in [2.05, 4.69) is 9.47 Å². The van der Waals surface area contributed by atoms with Crippen LogP contribution in [0.25, 0.3) is 20.2 Å². The molecule has 0 aliphatic rings. The van der Waals surface area contributed by atoms with E-state index in [9.17, 15) is 4.79 Å². The Hall–Kier alpha value is -1.15. The fourth-order valence-electron chi connectivity index (χ4n) is 1.93. The Morgan fingerprint density at radius 2 is 1.94 bits per heavy atom. The van der Waals surface area contributed by atoms with Gasteiger partial charge in [0.1, 0.15) is 5.75 Å². The summed E-state index contributed by atoms with van der Waals surface area (Å²) in [6, 6.07) is 11.0. The molecule has 0 amide bonds. The Bertz CT molecular complexity index is 813. The summed E-state index contributed by atoms with van der Waals surface area (Å²) in [7, 11) is 2.20. The van der Waals surface area contributed by atoms with Crippen molar-refractivity contribution in [3.05, 3.63) is 51.6 Å². The highest BCUT2D eigenvalue weighted by Gasteiger charge is 2.12. The van der Waals surface area contributed by atoms with Crippen LogP contribution in [0.3, 0.4) is 0 Å². The molecule has 18 heavy (non-hydrogen) atoms. The molecule has 1 aromatic heterocycles. The molecule has 1 unspecified atom stereocenters. The molecule has 0 saturated carbocycles. The SMILES string of the molecule is O=c1c2ccccc2sc2c(OP)ccc(Cl)c12. The third-order valence-electron chi connectivity index (χ3n) is 2.77. The van der Waals surface area contributed by atoms with Gasteiger partial charge in [-0.15, -0.1) is 11.3 Å². The Kier molecular flexibility index (Phi) is 2.98. The van der Waals surface area contributed by atoms with E-state index in [4.69, 9.17) is 16.1 Å². The molecule has 5 heteroatoms. The minimum Gasteiger partial charge on any atom is -0.479 e. The van der Waals surface area contributed by atoms with E-state index < -0.39 is 0 Å². The first-order valence-electron chi connectivity index (χ1n) is 5.23. The second kappa shape index (κ2) is 4.51. The number of rotatable bonds is 1. The van der Waals surface area contributed by atoms with Gasteiger partial charge in [0.2, 0.25) is 0 Å². The Labute approximate surface area is 114 Å². The Morgan fingerprint density at radius 3 is 2.72 bits per heavy atom. The highest BCUT2D eigenvalue weighted by Crippen LogP contribution is 2.36. The average molecular weight is 295 g/mol. The first-order valence-corrected chi connectivity index (χ1v) is 6.90. The molecule has 90 valence electrons. The van der Waals surface area contributed by atoms with Crippen molar-refractivity contribution in [2.24, 2.45) is 0 Å². The number of hydrogen-bond acceptors (Lipinski definition) is 3. The third-order valence-corrected chi connectivity index (χ3v) is 4.52. The average Bonchev–Trinajstić information content (AvgIpc) is 2.39. The van der Waals surface area contributed by atoms with Gasteiger partial charge in [-0.25, -0.2) is 0 Å². The standard InChI is InChI=1S/C13H8ClO2PS/c14-8-5-6-9(16-17)13-11(8)12(15)7-3-1-2-4-10(7)18-13/h1-6H,17H2. The molecule has 0 spiro atoms. The van der Waals surface area contributed by atoms with E-state index in [-0.39, 0.29) is 5.43 Å². The van der Waals surface area contributed by atoms with Crippen LogP contribution >= 0.6 is 32.4 Å². The van der Waals surface area contributed by atoms with Gasteiger partial charge in [-0.05, 0) is 24.3 Å². The zero-order valence-corrected chi connectivity index (χ0v) is 11.9. The molecule has 0 radical (unpaired) electrons. The lowest BCUT2D eigenvalue weighted by Crippen LogP contribution is -2.01. The number of hydrogen-bond donors (Lipinski definition) is 0. The van der Waals surface area contributed by atoms with Crippen molar-refractivity contribution in [2.45, 2.75) is 0 Å². The predicted octanol–water partition coefficient (Wildman–Crippen LogP) is 4.24. The van der Waals surface area contributed by atoms with Gasteiger partial charge in [0.25, 0.3) is 0 Å². The quantitative estimate of drug-likeness (QED) is 0.496. The summed E-state index contributed by atoms with van der Waals surface area (Å²) < 4.78 is 6.93. The van der Waals surface area contributed by atoms with Crippen molar-refractivity contribution >= 4 is 52.6 Å². The van der Waals surface area contributed by atoms with Gasteiger partial charge in [-0.2, -0.15) is 0 Å². The van der Waals surface area contributed by atoms with Crippen LogP contribution in [0.4, 0.5) is 0 Å². The molecule has 0 saturated heterocycles. The molecular formula is C13H8ClO2PS. The molecule has 0 bridgehead atoms. The smallest absolute Gasteiger partial charge is 0.197 e. The van der Waals surface area contributed by atoms with Gasteiger partial charge in [0.15, 0.2) is 5.43 Å². The van der Waals surface area contributed by atoms with Crippen molar-refractivity contribution in [3.8, 4) is 5.75 Å². The first kappa shape index (κ1) is 11.9. The lowest BCUT2D eigenvalue weighted by molar-refractivity contribution is 0.655. The van der Waals surface area contributed by atoms with Gasteiger partial charge in [0.05, 0.1) is 24.6 Å². The highest BCUT2D eigenvalue weighted by molar-refractivity contribution is 7.25. The molecule has 0 aliphatic heterocycles. The van der Waals surface area contributed by atoms with Crippen molar-refractivity contribution in [1.82, 2.24) is 0 Å². The molecule has 3 aromatic rings. The van der Waals surface area contributed by atoms with Gasteiger partial charge in [0, 0.05) is 10.1 Å². The summed E-state index contributed by atoms with van der Waals surface area (Å²) in [5.41, 5.74) is -0.0479. The fourth-order valence-corrected chi connectivity index (χ4v) is 3.67. The predicted molar refractivity (Wildman–Crippen MR) is 80.9 cm³/mol. The van der Waals surface area contributed by atoms with E-state index in [0.29, 0.717) is 21.5 Å². The Morgan fingerprint density at radius 1 is 1.17 bits per heavy atom. The van der Waals surface area contributed by atoms with Gasteiger partial charge in [-0.1, -0.05) is 23.7 Å². The maximum absolute atomic E-state index is 12.4. The van der Waals surface area contributed by atoms with Gasteiger partial charge >= 0.3 is 0 Å². The van der Waals surface area contributed by atoms with Crippen LogP contribution in [-0.2, 0) is 0 Å². The second-order valence-corrected chi connectivity index (χ2v) is 5.49. The van der Waals surface area contributed by atoms with Crippen molar-refractivity contribution in [1.29, 1.82) is 0 Å². The van der Waals surface area contributed by atoms with Crippen LogP contribution in [0, 0.1) is 0 Å². The highest BCUT2D eigenvalue weighted by atomic mass is 35.5. The van der Waals surface area contributed by atoms with Crippen LogP contribution in [0.1, 0.15) is 0 Å². The lowest BCUT2D eigenvalue weighted by Gasteiger charge is -2.06. The zero-order chi connectivity index (χ0) is 12.7. The summed E-state index contributed by atoms with van der Waals surface area (Å²) in [5, 5.41) is 1.68. The second-order valence-electron chi connectivity index (χ2n) is 3.79. The maximum atomic E-state index is 12.4. The molecule has 2 nitrogen and oxygen atoms in total. The van der Waals surface area contributed by atoms with Crippen LogP contribution in [0.5, 0.6) is 5.75 Å². The summed E-state index contributed by atoms with van der Waals surface area (Å²) in [6.45, 7) is 0. The topological polar surface area (TPSA) is 26.3 Å². The first-order chi connectivity index (χ1) is 8.72. The summed E-state index contributed by atoms with van der Waals surface area (Å²) in [5.74, 6) is 0.646. The summed E-state index contributed by atoms with van der Waals surface area (Å²) >= 11 is 7.64. The van der Waals surface area contributed by atoms with E-state index in [1.165, 1.54) is 11.3 Å². The molecule has 2 aromatic carbocycles. The van der Waals surface area contributed by atoms with Crippen LogP contribution in [-0.4, -0.2) is 0 Å². The molecule has 1 atom stereocenters. The monoisotopic (exact) mass is 294 g/mol. The van der Waals surface area contributed by atoms with Crippen molar-refractivity contribution < 1.29 is 4.52 Å². The van der Waals surface area contributed by atoms with E-state index in [1.54, 1.807) is 12.1 Å². The number of benzene rings is 2. The molecule has 3 rings (SSSR count). The van der Waals surface area contributed by atoms with Crippen molar-refractivity contribution in [2.75, 3.05) is 0 Å². The van der Waals surface area contributed by atoms with Crippen molar-refractivity contribution in [3.63, 3.8) is 0 Å². The third kappa shape index (κ3) is 1.71. The van der Waals surface area contributed by atoms with E-state index in [1.807, 2.05) is 24.3 Å². The summed E-state index contributed by atoms with van der Waals surface area (Å²) in [6.07, 6.45) is 0. The Balaban J connectivity index is 2.63. The minimum atomic E-state index is -0.0479. The van der Waals surface area contributed by atoms with Gasteiger partial charge < -0.3 is 4.52 Å². The van der Waals surface area contributed by atoms with Crippen LogP contribution < -0.4 is 9.95 Å². The van der Waals surface area contributed by atoms with Gasteiger partial charge in [-0.3, -0.25) is 4.79 Å². The lowest BCUT2D eigenvalue weighted by atomic mass is 10.2.